The smallest absolute Gasteiger partial charge is 0.161 e. The second-order valence-corrected chi connectivity index (χ2v) is 5.34. The predicted octanol–water partition coefficient (Wildman–Crippen LogP) is 2.47. The van der Waals surface area contributed by atoms with Crippen molar-refractivity contribution in [3.05, 3.63) is 35.8 Å². The number of pyridine rings is 1. The van der Waals surface area contributed by atoms with Crippen molar-refractivity contribution < 1.29 is 4.74 Å². The molecule has 2 aromatic rings. The third-order valence-electron chi connectivity index (χ3n) is 3.83. The SMILES string of the molecule is COC(C)CNc1nc(-c2ccncc2)nc2c1CCC2. The summed E-state index contributed by atoms with van der Waals surface area (Å²) in [5.74, 6) is 1.72. The van der Waals surface area contributed by atoms with Crippen LogP contribution in [0.15, 0.2) is 24.5 Å². The van der Waals surface area contributed by atoms with Crippen molar-refractivity contribution >= 4 is 5.82 Å². The highest BCUT2D eigenvalue weighted by Gasteiger charge is 2.20. The maximum Gasteiger partial charge on any atom is 0.161 e. The molecule has 1 unspecified atom stereocenters. The molecule has 0 aliphatic heterocycles. The highest BCUT2D eigenvalue weighted by molar-refractivity contribution is 5.60. The molecule has 5 nitrogen and oxygen atoms in total. The van der Waals surface area contributed by atoms with Gasteiger partial charge in [-0.05, 0) is 38.3 Å². The van der Waals surface area contributed by atoms with Gasteiger partial charge in [0, 0.05) is 42.9 Å². The van der Waals surface area contributed by atoms with Crippen LogP contribution in [-0.2, 0) is 17.6 Å². The molecule has 3 rings (SSSR count). The second-order valence-electron chi connectivity index (χ2n) is 5.34. The first-order chi connectivity index (χ1) is 10.3. The summed E-state index contributed by atoms with van der Waals surface area (Å²) in [6.45, 7) is 2.79. The van der Waals surface area contributed by atoms with Gasteiger partial charge in [-0.25, -0.2) is 9.97 Å². The Balaban J connectivity index is 1.93. The standard InChI is InChI=1S/C16H20N4O/c1-11(21-2)10-18-16-13-4-3-5-14(13)19-15(20-16)12-6-8-17-9-7-12/h6-9,11H,3-5,10H2,1-2H3,(H,18,19,20). The second kappa shape index (κ2) is 6.18. The summed E-state index contributed by atoms with van der Waals surface area (Å²) < 4.78 is 5.29. The van der Waals surface area contributed by atoms with Crippen molar-refractivity contribution in [2.75, 3.05) is 19.0 Å². The molecule has 0 bridgehead atoms. The van der Waals surface area contributed by atoms with E-state index in [2.05, 4.69) is 10.3 Å². The topological polar surface area (TPSA) is 59.9 Å². The summed E-state index contributed by atoms with van der Waals surface area (Å²) in [5.41, 5.74) is 3.43. The highest BCUT2D eigenvalue weighted by Crippen LogP contribution is 2.29. The van der Waals surface area contributed by atoms with Crippen molar-refractivity contribution in [1.29, 1.82) is 0 Å². The van der Waals surface area contributed by atoms with Gasteiger partial charge in [-0.15, -0.1) is 0 Å². The minimum atomic E-state index is 0.154. The monoisotopic (exact) mass is 284 g/mol. The maximum atomic E-state index is 5.29. The lowest BCUT2D eigenvalue weighted by Gasteiger charge is -2.15. The fourth-order valence-electron chi connectivity index (χ4n) is 2.53. The van der Waals surface area contributed by atoms with Gasteiger partial charge in [0.05, 0.1) is 6.10 Å². The molecule has 0 aromatic carbocycles. The van der Waals surface area contributed by atoms with Crippen LogP contribution in [0.2, 0.25) is 0 Å². The number of fused-ring (bicyclic) bond motifs is 1. The predicted molar refractivity (Wildman–Crippen MR) is 82.2 cm³/mol. The van der Waals surface area contributed by atoms with Gasteiger partial charge in [0.15, 0.2) is 5.82 Å². The molecule has 2 aromatic heterocycles. The Morgan fingerprint density at radius 1 is 1.24 bits per heavy atom. The fraction of sp³-hybridized carbons (Fsp3) is 0.438. The van der Waals surface area contributed by atoms with Crippen molar-refractivity contribution in [3.63, 3.8) is 0 Å². The number of hydrogen-bond acceptors (Lipinski definition) is 5. The van der Waals surface area contributed by atoms with Gasteiger partial charge >= 0.3 is 0 Å². The molecule has 0 amide bonds. The Morgan fingerprint density at radius 2 is 2.05 bits per heavy atom. The molecular weight excluding hydrogens is 264 g/mol. The molecule has 1 atom stereocenters. The third-order valence-corrected chi connectivity index (χ3v) is 3.83. The zero-order valence-electron chi connectivity index (χ0n) is 12.5. The summed E-state index contributed by atoms with van der Waals surface area (Å²) in [5, 5.41) is 3.41. The van der Waals surface area contributed by atoms with E-state index in [4.69, 9.17) is 14.7 Å². The van der Waals surface area contributed by atoms with Crippen molar-refractivity contribution in [3.8, 4) is 11.4 Å². The van der Waals surface area contributed by atoms with E-state index in [0.717, 1.165) is 43.0 Å². The Labute approximate surface area is 124 Å². The van der Waals surface area contributed by atoms with E-state index in [1.54, 1.807) is 19.5 Å². The highest BCUT2D eigenvalue weighted by atomic mass is 16.5. The minimum absolute atomic E-state index is 0.154. The summed E-state index contributed by atoms with van der Waals surface area (Å²) in [4.78, 5) is 13.5. The normalized spacial score (nSPS) is 14.8. The molecule has 1 aliphatic carbocycles. The maximum absolute atomic E-state index is 5.29. The van der Waals surface area contributed by atoms with Crippen LogP contribution in [0.1, 0.15) is 24.6 Å². The van der Waals surface area contributed by atoms with Crippen LogP contribution < -0.4 is 5.32 Å². The summed E-state index contributed by atoms with van der Waals surface area (Å²) >= 11 is 0. The average Bonchev–Trinajstić information content (AvgIpc) is 3.01. The van der Waals surface area contributed by atoms with Crippen LogP contribution in [-0.4, -0.2) is 34.7 Å². The van der Waals surface area contributed by atoms with Crippen LogP contribution in [0.5, 0.6) is 0 Å². The number of nitrogens with one attached hydrogen (secondary N) is 1. The number of ether oxygens (including phenoxy) is 1. The van der Waals surface area contributed by atoms with E-state index in [-0.39, 0.29) is 6.10 Å². The lowest BCUT2D eigenvalue weighted by Crippen LogP contribution is -2.20. The Morgan fingerprint density at radius 3 is 2.81 bits per heavy atom. The van der Waals surface area contributed by atoms with Gasteiger partial charge in [0.1, 0.15) is 5.82 Å². The number of nitrogens with zero attached hydrogens (tertiary/aromatic N) is 3. The van der Waals surface area contributed by atoms with Crippen LogP contribution >= 0.6 is 0 Å². The third kappa shape index (κ3) is 3.03. The molecule has 0 saturated carbocycles. The van der Waals surface area contributed by atoms with Crippen molar-refractivity contribution in [2.24, 2.45) is 0 Å². The molecule has 0 fully saturated rings. The van der Waals surface area contributed by atoms with E-state index < -0.39 is 0 Å². The van der Waals surface area contributed by atoms with Gasteiger partial charge in [-0.2, -0.15) is 0 Å². The number of aromatic nitrogens is 3. The largest absolute Gasteiger partial charge is 0.380 e. The molecule has 110 valence electrons. The minimum Gasteiger partial charge on any atom is -0.380 e. The lowest BCUT2D eigenvalue weighted by atomic mass is 10.2. The van der Waals surface area contributed by atoms with Crippen LogP contribution in [0, 0.1) is 0 Å². The van der Waals surface area contributed by atoms with E-state index in [1.165, 1.54) is 11.3 Å². The zero-order valence-corrected chi connectivity index (χ0v) is 12.5. The summed E-state index contributed by atoms with van der Waals surface area (Å²) in [6, 6.07) is 3.89. The van der Waals surface area contributed by atoms with Crippen molar-refractivity contribution in [1.82, 2.24) is 15.0 Å². The van der Waals surface area contributed by atoms with Crippen molar-refractivity contribution in [2.45, 2.75) is 32.3 Å². The van der Waals surface area contributed by atoms with Gasteiger partial charge in [0.25, 0.3) is 0 Å². The van der Waals surface area contributed by atoms with Crippen LogP contribution in [0.25, 0.3) is 11.4 Å². The molecular formula is C16H20N4O. The quantitative estimate of drug-likeness (QED) is 0.914. The number of anilines is 1. The molecule has 0 radical (unpaired) electrons. The van der Waals surface area contributed by atoms with Gasteiger partial charge < -0.3 is 10.1 Å². The number of aryl methyl sites for hydroxylation is 1. The summed E-state index contributed by atoms with van der Waals surface area (Å²) in [6.07, 6.45) is 6.93. The van der Waals surface area contributed by atoms with Crippen LogP contribution in [0.3, 0.4) is 0 Å². The number of hydrogen-bond donors (Lipinski definition) is 1. The Kier molecular flexibility index (Phi) is 4.10. The number of rotatable bonds is 5. The Bertz CT molecular complexity index is 615. The molecule has 2 heterocycles. The summed E-state index contributed by atoms with van der Waals surface area (Å²) in [7, 11) is 1.72. The molecule has 5 heteroatoms. The van der Waals surface area contributed by atoms with E-state index in [1.807, 2.05) is 19.1 Å². The lowest BCUT2D eigenvalue weighted by molar-refractivity contribution is 0.128. The van der Waals surface area contributed by atoms with E-state index in [9.17, 15) is 0 Å². The molecule has 0 spiro atoms. The molecule has 21 heavy (non-hydrogen) atoms. The van der Waals surface area contributed by atoms with Gasteiger partial charge in [-0.3, -0.25) is 4.98 Å². The Hall–Kier alpha value is -2.01. The first-order valence-electron chi connectivity index (χ1n) is 7.35. The van der Waals surface area contributed by atoms with E-state index >= 15 is 0 Å². The van der Waals surface area contributed by atoms with Gasteiger partial charge in [-0.1, -0.05) is 0 Å². The fourth-order valence-corrected chi connectivity index (χ4v) is 2.53. The molecule has 1 N–H and O–H groups in total. The molecule has 1 aliphatic rings. The number of methoxy groups -OCH3 is 1. The first-order valence-corrected chi connectivity index (χ1v) is 7.35. The van der Waals surface area contributed by atoms with Gasteiger partial charge in [0.2, 0.25) is 0 Å². The van der Waals surface area contributed by atoms with Crippen LogP contribution in [0.4, 0.5) is 5.82 Å². The first kappa shape index (κ1) is 13.9. The molecule has 0 saturated heterocycles. The average molecular weight is 284 g/mol. The van der Waals surface area contributed by atoms with E-state index in [0.29, 0.717) is 0 Å². The zero-order chi connectivity index (χ0) is 14.7.